The summed E-state index contributed by atoms with van der Waals surface area (Å²) in [7, 11) is 2.00. The topological polar surface area (TPSA) is 244 Å². The number of carbonyl (C=O) groups is 5. The molecular formula is C34H32O15. The molecular weight excluding hydrogens is 648 g/mol. The third-order valence-corrected chi connectivity index (χ3v) is 9.74. The van der Waals surface area contributed by atoms with Gasteiger partial charge in [0.25, 0.3) is 5.60 Å². The number of aliphatic hydroxyl groups excluding tert-OH is 4. The van der Waals surface area contributed by atoms with Crippen LogP contribution < -0.4 is 4.74 Å². The molecule has 0 saturated heterocycles. The summed E-state index contributed by atoms with van der Waals surface area (Å²) < 4.78 is 21.6. The molecule has 0 amide bonds. The first kappa shape index (κ1) is 33.5. The lowest BCUT2D eigenvalue weighted by Gasteiger charge is -2.45. The Morgan fingerprint density at radius 2 is 1.55 bits per heavy atom. The lowest BCUT2D eigenvalue weighted by Crippen LogP contribution is -2.62. The van der Waals surface area contributed by atoms with Crippen LogP contribution >= 0.6 is 0 Å². The monoisotopic (exact) mass is 680 g/mol. The molecule has 2 aromatic rings. The van der Waals surface area contributed by atoms with Crippen LogP contribution in [0.4, 0.5) is 0 Å². The maximum Gasteiger partial charge on any atom is 0.359 e. The number of hydrogen-bond donors (Lipinski definition) is 6. The zero-order valence-electron chi connectivity index (χ0n) is 26.7. The number of aliphatic hydroxyl groups is 4. The van der Waals surface area contributed by atoms with E-state index in [2.05, 4.69) is 0 Å². The van der Waals surface area contributed by atoms with Crippen LogP contribution in [-0.2, 0) is 44.6 Å². The minimum atomic E-state index is -2.54. The summed E-state index contributed by atoms with van der Waals surface area (Å²) in [5.74, 6) is -8.17. The maximum absolute atomic E-state index is 13.6. The summed E-state index contributed by atoms with van der Waals surface area (Å²) in [6, 6.07) is 3.88. The summed E-state index contributed by atoms with van der Waals surface area (Å²) in [4.78, 5) is 65.4. The molecule has 5 atom stereocenters. The van der Waals surface area contributed by atoms with E-state index in [1.807, 2.05) is 0 Å². The zero-order valence-corrected chi connectivity index (χ0v) is 26.7. The van der Waals surface area contributed by atoms with Gasteiger partial charge in [0.05, 0.1) is 37.0 Å². The van der Waals surface area contributed by atoms with E-state index in [4.69, 9.17) is 18.9 Å². The molecule has 1 aliphatic heterocycles. The highest BCUT2D eigenvalue weighted by Crippen LogP contribution is 2.57. The SMILES string of the molecule is COC(=O)[C@]12Cc3ccc(-c4c(C)cc(O)c5c4O[C@@]4(C(=O)OC)C(=C5O)C(=O)CC[C@@H]4OC(C)=O)c(O)c3C(O)=C1C(=O)C[C@H](O)[C@@H]2O. The molecule has 49 heavy (non-hydrogen) atoms. The standard InChI is InChI=1S/C34H32O15/c1-12-9-17(37)23-28(42)25-16(36)7-8-20(48-13(2)35)34(25,32(45)47-4)49-29(23)21(12)15-6-5-14-11-33(31(44)46-3)24(27(41)22(14)26(15)40)18(38)10-19(39)30(33)43/h5-6,9,19-20,30,37,39-43H,7-8,10-11H2,1-4H3/t19-,20-,30-,33+,34+/m0/s1. The van der Waals surface area contributed by atoms with Crippen LogP contribution in [0.3, 0.4) is 0 Å². The van der Waals surface area contributed by atoms with E-state index in [1.165, 1.54) is 25.1 Å². The Morgan fingerprint density at radius 3 is 2.18 bits per heavy atom. The molecule has 1 heterocycles. The number of hydrogen-bond acceptors (Lipinski definition) is 15. The van der Waals surface area contributed by atoms with Gasteiger partial charge in [-0.25, -0.2) is 4.79 Å². The van der Waals surface area contributed by atoms with E-state index < -0.39 is 117 Å². The summed E-state index contributed by atoms with van der Waals surface area (Å²) in [5, 5.41) is 67.5. The van der Waals surface area contributed by atoms with Gasteiger partial charge in [0.2, 0.25) is 0 Å². The summed E-state index contributed by atoms with van der Waals surface area (Å²) >= 11 is 0. The largest absolute Gasteiger partial charge is 0.507 e. The van der Waals surface area contributed by atoms with E-state index in [9.17, 15) is 54.6 Å². The van der Waals surface area contributed by atoms with Gasteiger partial charge in [-0.3, -0.25) is 19.2 Å². The number of aromatic hydroxyl groups is 2. The first-order chi connectivity index (χ1) is 23.1. The van der Waals surface area contributed by atoms with Crippen molar-refractivity contribution in [2.45, 2.75) is 63.4 Å². The Hall–Kier alpha value is -5.41. The second-order valence-electron chi connectivity index (χ2n) is 12.4. The first-order valence-electron chi connectivity index (χ1n) is 15.1. The van der Waals surface area contributed by atoms with Crippen molar-refractivity contribution < 1.29 is 73.6 Å². The highest BCUT2D eigenvalue weighted by atomic mass is 16.6. The fourth-order valence-corrected chi connectivity index (χ4v) is 7.69. The average molecular weight is 681 g/mol. The second-order valence-corrected chi connectivity index (χ2v) is 12.4. The van der Waals surface area contributed by atoms with Gasteiger partial charge in [-0.15, -0.1) is 0 Å². The van der Waals surface area contributed by atoms with Gasteiger partial charge in [-0.05, 0) is 37.0 Å². The minimum absolute atomic E-state index is 0.0605. The molecule has 0 radical (unpaired) electrons. The highest BCUT2D eigenvalue weighted by molar-refractivity contribution is 6.14. The van der Waals surface area contributed by atoms with E-state index in [1.54, 1.807) is 0 Å². The van der Waals surface area contributed by atoms with Crippen molar-refractivity contribution in [2.24, 2.45) is 5.41 Å². The third kappa shape index (κ3) is 4.38. The number of Topliss-reactive ketones (excluding diaryl/α,β-unsaturated/α-hetero) is 2. The van der Waals surface area contributed by atoms with Gasteiger partial charge in [-0.1, -0.05) is 12.1 Å². The van der Waals surface area contributed by atoms with Crippen LogP contribution in [0.15, 0.2) is 29.3 Å². The number of phenolic OH excluding ortho intramolecular Hbond substituents is 2. The number of ether oxygens (including phenoxy) is 4. The first-order valence-corrected chi connectivity index (χ1v) is 15.1. The predicted octanol–water partition coefficient (Wildman–Crippen LogP) is 1.62. The number of aryl methyl sites for hydroxylation is 1. The summed E-state index contributed by atoms with van der Waals surface area (Å²) in [6.07, 6.45) is -6.56. The van der Waals surface area contributed by atoms with Crippen molar-refractivity contribution in [3.63, 3.8) is 0 Å². The summed E-state index contributed by atoms with van der Waals surface area (Å²) in [5.41, 5.74) is -6.60. The number of carbonyl (C=O) groups excluding carboxylic acids is 5. The summed E-state index contributed by atoms with van der Waals surface area (Å²) in [6.45, 7) is 2.55. The molecule has 2 saturated carbocycles. The Morgan fingerprint density at radius 1 is 0.898 bits per heavy atom. The van der Waals surface area contributed by atoms with Crippen molar-refractivity contribution in [3.8, 4) is 28.4 Å². The molecule has 15 heteroatoms. The van der Waals surface area contributed by atoms with Crippen molar-refractivity contribution in [2.75, 3.05) is 14.2 Å². The Bertz CT molecular complexity index is 1950. The van der Waals surface area contributed by atoms with E-state index in [-0.39, 0.29) is 40.7 Å². The molecule has 0 bridgehead atoms. The Balaban J connectivity index is 1.64. The number of ketones is 2. The van der Waals surface area contributed by atoms with Crippen molar-refractivity contribution in [1.29, 1.82) is 0 Å². The number of methoxy groups -OCH3 is 2. The quantitative estimate of drug-likeness (QED) is 0.198. The van der Waals surface area contributed by atoms with Gasteiger partial charge in [0.15, 0.2) is 17.7 Å². The van der Waals surface area contributed by atoms with E-state index in [0.717, 1.165) is 21.1 Å². The molecule has 2 fully saturated rings. The molecule has 6 N–H and O–H groups in total. The van der Waals surface area contributed by atoms with Gasteiger partial charge in [0.1, 0.15) is 45.8 Å². The van der Waals surface area contributed by atoms with Gasteiger partial charge in [0, 0.05) is 30.9 Å². The molecule has 0 spiro atoms. The smallest absolute Gasteiger partial charge is 0.359 e. The fraction of sp³-hybridized carbons (Fsp3) is 0.382. The van der Waals surface area contributed by atoms with Gasteiger partial charge < -0.3 is 49.6 Å². The third-order valence-electron chi connectivity index (χ3n) is 9.74. The van der Waals surface area contributed by atoms with Crippen molar-refractivity contribution >= 4 is 41.0 Å². The molecule has 2 aromatic carbocycles. The number of fused-ring (bicyclic) bond motifs is 4. The Kier molecular flexibility index (Phi) is 7.75. The molecule has 15 nitrogen and oxygen atoms in total. The number of benzene rings is 2. The predicted molar refractivity (Wildman–Crippen MR) is 164 cm³/mol. The minimum Gasteiger partial charge on any atom is -0.507 e. The van der Waals surface area contributed by atoms with Crippen LogP contribution in [-0.4, -0.2) is 98.2 Å². The number of esters is 3. The maximum atomic E-state index is 13.6. The van der Waals surface area contributed by atoms with Crippen LogP contribution in [0.2, 0.25) is 0 Å². The van der Waals surface area contributed by atoms with Crippen LogP contribution in [0.25, 0.3) is 22.6 Å². The van der Waals surface area contributed by atoms with E-state index >= 15 is 0 Å². The normalized spacial score (nSPS) is 27.3. The zero-order chi connectivity index (χ0) is 35.9. The molecule has 0 aromatic heterocycles. The van der Waals surface area contributed by atoms with Crippen molar-refractivity contribution in [1.82, 2.24) is 0 Å². The molecule has 0 unspecified atom stereocenters. The lowest BCUT2D eigenvalue weighted by atomic mass is 9.60. The fourth-order valence-electron chi connectivity index (χ4n) is 7.69. The molecule has 6 rings (SSSR count). The lowest BCUT2D eigenvalue weighted by molar-refractivity contribution is -0.179. The number of phenols is 2. The number of rotatable bonds is 4. The Labute approximate surface area is 277 Å². The van der Waals surface area contributed by atoms with Crippen LogP contribution in [0, 0.1) is 12.3 Å². The van der Waals surface area contributed by atoms with Gasteiger partial charge in [-0.2, -0.15) is 0 Å². The van der Waals surface area contributed by atoms with Crippen LogP contribution in [0.5, 0.6) is 17.2 Å². The highest BCUT2D eigenvalue weighted by Gasteiger charge is 2.64. The molecule has 258 valence electrons. The van der Waals surface area contributed by atoms with Crippen LogP contribution in [0.1, 0.15) is 48.4 Å². The van der Waals surface area contributed by atoms with Crippen molar-refractivity contribution in [3.05, 3.63) is 51.6 Å². The average Bonchev–Trinajstić information content (AvgIpc) is 3.04. The van der Waals surface area contributed by atoms with Gasteiger partial charge >= 0.3 is 17.9 Å². The molecule has 3 aliphatic carbocycles. The second kappa shape index (κ2) is 11.3. The molecule has 4 aliphatic rings. The van der Waals surface area contributed by atoms with E-state index in [0.29, 0.717) is 0 Å².